The molecule has 2 aromatic rings. The van der Waals surface area contributed by atoms with Crippen molar-refractivity contribution < 1.29 is 4.74 Å². The minimum Gasteiger partial charge on any atom is -0.494 e. The van der Waals surface area contributed by atoms with Crippen molar-refractivity contribution in [3.63, 3.8) is 0 Å². The summed E-state index contributed by atoms with van der Waals surface area (Å²) in [5.41, 5.74) is 3.66. The van der Waals surface area contributed by atoms with Crippen LogP contribution in [-0.4, -0.2) is 18.3 Å². The van der Waals surface area contributed by atoms with E-state index in [1.54, 1.807) is 0 Å². The van der Waals surface area contributed by atoms with Crippen LogP contribution >= 0.6 is 12.2 Å². The summed E-state index contributed by atoms with van der Waals surface area (Å²) in [4.78, 5) is 0. The Kier molecular flexibility index (Phi) is 6.82. The molecule has 0 radical (unpaired) electrons. The fourth-order valence-corrected chi connectivity index (χ4v) is 2.77. The average Bonchev–Trinajstić information content (AvgIpc) is 2.56. The SMILES string of the molecule is CCOc1ccccc1CCNC(=S)Nc1ccc(C(C)(C)C)cc1. The zero-order valence-electron chi connectivity index (χ0n) is 15.6. The van der Waals surface area contributed by atoms with E-state index in [1.165, 1.54) is 11.1 Å². The van der Waals surface area contributed by atoms with Gasteiger partial charge in [-0.1, -0.05) is 51.1 Å². The van der Waals surface area contributed by atoms with Gasteiger partial charge < -0.3 is 15.4 Å². The molecule has 0 spiro atoms. The van der Waals surface area contributed by atoms with Gasteiger partial charge in [-0.25, -0.2) is 0 Å². The van der Waals surface area contributed by atoms with Crippen LogP contribution in [0.2, 0.25) is 0 Å². The summed E-state index contributed by atoms with van der Waals surface area (Å²) in [5.74, 6) is 0.948. The maximum atomic E-state index is 5.65. The minimum atomic E-state index is 0.158. The molecule has 2 aromatic carbocycles. The van der Waals surface area contributed by atoms with E-state index in [0.717, 1.165) is 24.4 Å². The van der Waals surface area contributed by atoms with Crippen LogP contribution in [-0.2, 0) is 11.8 Å². The number of para-hydroxylation sites is 1. The van der Waals surface area contributed by atoms with Crippen molar-refractivity contribution in [1.29, 1.82) is 0 Å². The van der Waals surface area contributed by atoms with Gasteiger partial charge in [-0.2, -0.15) is 0 Å². The zero-order valence-corrected chi connectivity index (χ0v) is 16.4. The van der Waals surface area contributed by atoms with Gasteiger partial charge in [0.05, 0.1) is 6.61 Å². The molecule has 0 bridgehead atoms. The molecule has 134 valence electrons. The normalized spacial score (nSPS) is 11.0. The van der Waals surface area contributed by atoms with Gasteiger partial charge in [0.25, 0.3) is 0 Å². The molecular weight excluding hydrogens is 328 g/mol. The number of ether oxygens (including phenoxy) is 1. The van der Waals surface area contributed by atoms with Crippen molar-refractivity contribution in [2.75, 3.05) is 18.5 Å². The molecule has 0 heterocycles. The van der Waals surface area contributed by atoms with E-state index in [4.69, 9.17) is 17.0 Å². The van der Waals surface area contributed by atoms with Gasteiger partial charge in [-0.15, -0.1) is 0 Å². The first-order valence-corrected chi connectivity index (χ1v) is 9.17. The summed E-state index contributed by atoms with van der Waals surface area (Å²) in [6.07, 6.45) is 0.862. The minimum absolute atomic E-state index is 0.158. The molecule has 2 rings (SSSR count). The maximum Gasteiger partial charge on any atom is 0.170 e. The van der Waals surface area contributed by atoms with E-state index in [2.05, 4.69) is 61.7 Å². The standard InChI is InChI=1S/C21H28N2OS/c1-5-24-19-9-7-6-8-16(19)14-15-22-20(25)23-18-12-10-17(11-13-18)21(2,3)4/h6-13H,5,14-15H2,1-4H3,(H2,22,23,25). The Balaban J connectivity index is 1.83. The van der Waals surface area contributed by atoms with Crippen LogP contribution in [0.3, 0.4) is 0 Å². The summed E-state index contributed by atoms with van der Waals surface area (Å²) in [6.45, 7) is 10.1. The van der Waals surface area contributed by atoms with Crippen LogP contribution < -0.4 is 15.4 Å². The topological polar surface area (TPSA) is 33.3 Å². The van der Waals surface area contributed by atoms with Crippen LogP contribution in [0.25, 0.3) is 0 Å². The first-order valence-electron chi connectivity index (χ1n) is 8.76. The fraction of sp³-hybridized carbons (Fsp3) is 0.381. The number of hydrogen-bond donors (Lipinski definition) is 2. The van der Waals surface area contributed by atoms with Gasteiger partial charge >= 0.3 is 0 Å². The molecule has 0 saturated carbocycles. The Bertz CT molecular complexity index is 690. The second-order valence-corrected chi connectivity index (χ2v) is 7.41. The summed E-state index contributed by atoms with van der Waals surface area (Å²) in [5, 5.41) is 7.13. The largest absolute Gasteiger partial charge is 0.494 e. The number of hydrogen-bond acceptors (Lipinski definition) is 2. The Labute approximate surface area is 156 Å². The quantitative estimate of drug-likeness (QED) is 0.721. The van der Waals surface area contributed by atoms with Gasteiger partial charge in [0, 0.05) is 12.2 Å². The maximum absolute atomic E-state index is 5.65. The number of benzene rings is 2. The molecule has 0 aliphatic rings. The fourth-order valence-electron chi connectivity index (χ4n) is 2.55. The second-order valence-electron chi connectivity index (χ2n) is 7.00. The van der Waals surface area contributed by atoms with Crippen molar-refractivity contribution in [2.45, 2.75) is 39.5 Å². The Morgan fingerprint density at radius 3 is 2.36 bits per heavy atom. The lowest BCUT2D eigenvalue weighted by Crippen LogP contribution is -2.30. The van der Waals surface area contributed by atoms with Crippen molar-refractivity contribution in [2.24, 2.45) is 0 Å². The third-order valence-corrected chi connectivity index (χ3v) is 4.21. The van der Waals surface area contributed by atoms with E-state index in [9.17, 15) is 0 Å². The van der Waals surface area contributed by atoms with Gasteiger partial charge in [0.15, 0.2) is 5.11 Å². The highest BCUT2D eigenvalue weighted by Gasteiger charge is 2.12. The van der Waals surface area contributed by atoms with E-state index >= 15 is 0 Å². The third-order valence-electron chi connectivity index (χ3n) is 3.96. The zero-order chi connectivity index (χ0) is 18.3. The molecule has 3 nitrogen and oxygen atoms in total. The van der Waals surface area contributed by atoms with Crippen molar-refractivity contribution >= 4 is 23.0 Å². The lowest BCUT2D eigenvalue weighted by atomic mass is 9.87. The van der Waals surface area contributed by atoms with Crippen LogP contribution in [0.5, 0.6) is 5.75 Å². The molecule has 0 amide bonds. The summed E-state index contributed by atoms with van der Waals surface area (Å²) in [6, 6.07) is 16.5. The monoisotopic (exact) mass is 356 g/mol. The van der Waals surface area contributed by atoms with Crippen LogP contribution in [0.15, 0.2) is 48.5 Å². The van der Waals surface area contributed by atoms with Gasteiger partial charge in [0.1, 0.15) is 5.75 Å². The first kappa shape index (κ1) is 19.3. The molecule has 0 aliphatic carbocycles. The molecule has 0 saturated heterocycles. The van der Waals surface area contributed by atoms with Crippen LogP contribution in [0.1, 0.15) is 38.8 Å². The number of rotatable bonds is 6. The summed E-state index contributed by atoms with van der Waals surface area (Å²) < 4.78 is 5.65. The number of anilines is 1. The molecule has 0 atom stereocenters. The van der Waals surface area contributed by atoms with E-state index in [0.29, 0.717) is 11.7 Å². The Morgan fingerprint density at radius 2 is 1.72 bits per heavy atom. The van der Waals surface area contributed by atoms with Crippen molar-refractivity contribution in [3.05, 3.63) is 59.7 Å². The predicted octanol–water partition coefficient (Wildman–Crippen LogP) is 4.91. The lowest BCUT2D eigenvalue weighted by Gasteiger charge is -2.19. The van der Waals surface area contributed by atoms with E-state index in [-0.39, 0.29) is 5.41 Å². The van der Waals surface area contributed by atoms with E-state index < -0.39 is 0 Å². The molecule has 0 fully saturated rings. The molecule has 4 heteroatoms. The Hall–Kier alpha value is -2.07. The number of thiocarbonyl (C=S) groups is 1. The predicted molar refractivity (Wildman–Crippen MR) is 111 cm³/mol. The lowest BCUT2D eigenvalue weighted by molar-refractivity contribution is 0.336. The second kappa shape index (κ2) is 8.86. The highest BCUT2D eigenvalue weighted by molar-refractivity contribution is 7.80. The highest BCUT2D eigenvalue weighted by Crippen LogP contribution is 2.23. The van der Waals surface area contributed by atoms with Crippen molar-refractivity contribution in [3.8, 4) is 5.75 Å². The van der Waals surface area contributed by atoms with Gasteiger partial charge in [-0.3, -0.25) is 0 Å². The first-order chi connectivity index (χ1) is 11.9. The average molecular weight is 357 g/mol. The highest BCUT2D eigenvalue weighted by atomic mass is 32.1. The van der Waals surface area contributed by atoms with Crippen LogP contribution in [0.4, 0.5) is 5.69 Å². The number of nitrogens with one attached hydrogen (secondary N) is 2. The van der Waals surface area contributed by atoms with Gasteiger partial charge in [-0.05, 0) is 60.3 Å². The molecule has 0 unspecified atom stereocenters. The smallest absolute Gasteiger partial charge is 0.170 e. The Morgan fingerprint density at radius 1 is 1.04 bits per heavy atom. The van der Waals surface area contributed by atoms with Crippen molar-refractivity contribution in [1.82, 2.24) is 5.32 Å². The van der Waals surface area contributed by atoms with E-state index in [1.807, 2.05) is 25.1 Å². The molecule has 25 heavy (non-hydrogen) atoms. The molecular formula is C21H28N2OS. The van der Waals surface area contributed by atoms with Gasteiger partial charge in [0.2, 0.25) is 0 Å². The molecule has 2 N–H and O–H groups in total. The summed E-state index contributed by atoms with van der Waals surface area (Å²) >= 11 is 5.39. The third kappa shape index (κ3) is 6.05. The summed E-state index contributed by atoms with van der Waals surface area (Å²) in [7, 11) is 0. The molecule has 0 aliphatic heterocycles. The molecule has 0 aromatic heterocycles. The van der Waals surface area contributed by atoms with Crippen LogP contribution in [0, 0.1) is 0 Å².